The molecule has 1 N–H and O–H groups in total. The monoisotopic (exact) mass is 279 g/mol. The minimum Gasteiger partial charge on any atom is -0.351 e. The highest BCUT2D eigenvalue weighted by molar-refractivity contribution is 7.10. The van der Waals surface area contributed by atoms with Crippen LogP contribution in [-0.2, 0) is 17.8 Å². The first kappa shape index (κ1) is 13.3. The number of aryl methyl sites for hydroxylation is 2. The van der Waals surface area contributed by atoms with Gasteiger partial charge in [-0.15, -0.1) is 22.7 Å². The average Bonchev–Trinajstić information content (AvgIpc) is 2.98. The molecule has 1 amide bonds. The van der Waals surface area contributed by atoms with Crippen molar-refractivity contribution in [3.05, 3.63) is 44.3 Å². The average molecular weight is 279 g/mol. The first-order chi connectivity index (χ1) is 8.75. The van der Waals surface area contributed by atoms with Crippen LogP contribution in [0.4, 0.5) is 0 Å². The van der Waals surface area contributed by atoms with Gasteiger partial charge in [0, 0.05) is 16.2 Å². The van der Waals surface area contributed by atoms with Crippen LogP contribution in [0.3, 0.4) is 0 Å². The van der Waals surface area contributed by atoms with Crippen LogP contribution in [0, 0.1) is 6.92 Å². The minimum absolute atomic E-state index is 0.152. The molecule has 2 rings (SSSR count). The third-order valence-electron chi connectivity index (χ3n) is 2.82. The number of hydrogen-bond donors (Lipinski definition) is 1. The fourth-order valence-corrected chi connectivity index (χ4v) is 3.33. The predicted molar refractivity (Wildman–Crippen MR) is 78.2 cm³/mol. The molecule has 4 heteroatoms. The second kappa shape index (κ2) is 6.71. The van der Waals surface area contributed by atoms with Gasteiger partial charge in [0.15, 0.2) is 0 Å². The van der Waals surface area contributed by atoms with Crippen molar-refractivity contribution in [2.45, 2.75) is 32.7 Å². The highest BCUT2D eigenvalue weighted by Gasteiger charge is 2.04. The molecule has 2 nitrogen and oxygen atoms in total. The van der Waals surface area contributed by atoms with Crippen molar-refractivity contribution in [3.8, 4) is 0 Å². The van der Waals surface area contributed by atoms with Gasteiger partial charge in [0.1, 0.15) is 0 Å². The molecule has 0 aromatic carbocycles. The molecule has 2 heterocycles. The zero-order valence-corrected chi connectivity index (χ0v) is 12.1. The van der Waals surface area contributed by atoms with Crippen molar-refractivity contribution < 1.29 is 4.79 Å². The zero-order valence-electron chi connectivity index (χ0n) is 10.4. The molecular weight excluding hydrogens is 262 g/mol. The molecule has 2 aromatic heterocycles. The number of carbonyl (C=O) groups is 1. The van der Waals surface area contributed by atoms with E-state index in [0.29, 0.717) is 13.0 Å². The molecule has 0 unspecified atom stereocenters. The van der Waals surface area contributed by atoms with Gasteiger partial charge < -0.3 is 5.32 Å². The molecule has 0 aliphatic rings. The Hall–Kier alpha value is -1.13. The second-order valence-corrected chi connectivity index (χ2v) is 6.27. The van der Waals surface area contributed by atoms with Gasteiger partial charge in [0.25, 0.3) is 0 Å². The summed E-state index contributed by atoms with van der Waals surface area (Å²) in [6, 6.07) is 6.26. The van der Waals surface area contributed by atoms with Crippen molar-refractivity contribution in [2.24, 2.45) is 0 Å². The summed E-state index contributed by atoms with van der Waals surface area (Å²) in [5.41, 5.74) is 1.26. The Balaban J connectivity index is 1.65. The van der Waals surface area contributed by atoms with Crippen LogP contribution in [0.15, 0.2) is 29.0 Å². The minimum atomic E-state index is 0.152. The van der Waals surface area contributed by atoms with Crippen molar-refractivity contribution in [2.75, 3.05) is 0 Å². The molecule has 0 saturated carbocycles. The van der Waals surface area contributed by atoms with E-state index in [1.54, 1.807) is 22.7 Å². The summed E-state index contributed by atoms with van der Waals surface area (Å²) in [4.78, 5) is 14.3. The number of hydrogen-bond acceptors (Lipinski definition) is 3. The van der Waals surface area contributed by atoms with Gasteiger partial charge in [0.2, 0.25) is 5.91 Å². The van der Waals surface area contributed by atoms with E-state index in [4.69, 9.17) is 0 Å². The molecule has 2 aromatic rings. The van der Waals surface area contributed by atoms with Gasteiger partial charge in [-0.2, -0.15) is 0 Å². The second-order valence-electron chi connectivity index (χ2n) is 4.24. The summed E-state index contributed by atoms with van der Waals surface area (Å²) < 4.78 is 0. The molecule has 0 bridgehead atoms. The van der Waals surface area contributed by atoms with Crippen LogP contribution in [0.1, 0.15) is 28.2 Å². The number of amides is 1. The summed E-state index contributed by atoms with van der Waals surface area (Å²) in [5.74, 6) is 0.152. The van der Waals surface area contributed by atoms with Gasteiger partial charge in [-0.05, 0) is 48.2 Å². The van der Waals surface area contributed by atoms with E-state index < -0.39 is 0 Å². The van der Waals surface area contributed by atoms with E-state index in [0.717, 1.165) is 12.8 Å². The third-order valence-corrected chi connectivity index (χ3v) is 4.78. The number of carbonyl (C=O) groups excluding carboxylic acids is 1. The fourth-order valence-electron chi connectivity index (χ4n) is 1.73. The smallest absolute Gasteiger partial charge is 0.220 e. The number of thiophene rings is 2. The van der Waals surface area contributed by atoms with Crippen LogP contribution in [0.2, 0.25) is 0 Å². The fraction of sp³-hybridized carbons (Fsp3) is 0.357. The predicted octanol–water partition coefficient (Wildman–Crippen LogP) is 3.76. The van der Waals surface area contributed by atoms with E-state index in [2.05, 4.69) is 41.2 Å². The molecule has 0 aliphatic carbocycles. The maximum absolute atomic E-state index is 11.7. The lowest BCUT2D eigenvalue weighted by atomic mass is 10.2. The maximum Gasteiger partial charge on any atom is 0.220 e. The van der Waals surface area contributed by atoms with Crippen LogP contribution >= 0.6 is 22.7 Å². The quantitative estimate of drug-likeness (QED) is 0.857. The maximum atomic E-state index is 11.7. The molecule has 0 radical (unpaired) electrons. The lowest BCUT2D eigenvalue weighted by Crippen LogP contribution is -2.22. The molecule has 96 valence electrons. The van der Waals surface area contributed by atoms with Gasteiger partial charge in [-0.3, -0.25) is 4.79 Å². The Morgan fingerprint density at radius 3 is 2.83 bits per heavy atom. The van der Waals surface area contributed by atoms with Crippen LogP contribution in [-0.4, -0.2) is 5.91 Å². The summed E-state index contributed by atoms with van der Waals surface area (Å²) in [7, 11) is 0. The van der Waals surface area contributed by atoms with Gasteiger partial charge in [-0.1, -0.05) is 6.07 Å². The highest BCUT2D eigenvalue weighted by Crippen LogP contribution is 2.15. The molecular formula is C14H17NOS2. The van der Waals surface area contributed by atoms with E-state index in [1.807, 2.05) is 0 Å². The third kappa shape index (κ3) is 3.96. The lowest BCUT2D eigenvalue weighted by Gasteiger charge is -2.04. The van der Waals surface area contributed by atoms with E-state index >= 15 is 0 Å². The summed E-state index contributed by atoms with van der Waals surface area (Å²) >= 11 is 3.46. The summed E-state index contributed by atoms with van der Waals surface area (Å²) in [5, 5.41) is 7.12. The normalized spacial score (nSPS) is 10.5. The van der Waals surface area contributed by atoms with Gasteiger partial charge >= 0.3 is 0 Å². The Morgan fingerprint density at radius 2 is 2.17 bits per heavy atom. The molecule has 0 fully saturated rings. The molecule has 0 saturated heterocycles. The first-order valence-corrected chi connectivity index (χ1v) is 7.83. The number of rotatable bonds is 6. The molecule has 0 spiro atoms. The zero-order chi connectivity index (χ0) is 12.8. The topological polar surface area (TPSA) is 29.1 Å². The van der Waals surface area contributed by atoms with E-state index in [9.17, 15) is 4.79 Å². The SMILES string of the molecule is Cc1ccsc1CNC(=O)CCCc1cccs1. The van der Waals surface area contributed by atoms with Gasteiger partial charge in [-0.25, -0.2) is 0 Å². The van der Waals surface area contributed by atoms with Crippen LogP contribution in [0.5, 0.6) is 0 Å². The Morgan fingerprint density at radius 1 is 1.28 bits per heavy atom. The van der Waals surface area contributed by atoms with E-state index in [-0.39, 0.29) is 5.91 Å². The summed E-state index contributed by atoms with van der Waals surface area (Å²) in [6.07, 6.45) is 2.54. The summed E-state index contributed by atoms with van der Waals surface area (Å²) in [6.45, 7) is 2.75. The van der Waals surface area contributed by atoms with Crippen molar-refractivity contribution in [3.63, 3.8) is 0 Å². The first-order valence-electron chi connectivity index (χ1n) is 6.08. The van der Waals surface area contributed by atoms with Crippen LogP contribution < -0.4 is 5.32 Å². The van der Waals surface area contributed by atoms with Crippen molar-refractivity contribution >= 4 is 28.6 Å². The molecule has 0 atom stereocenters. The van der Waals surface area contributed by atoms with Crippen LogP contribution in [0.25, 0.3) is 0 Å². The standard InChI is InChI=1S/C14H17NOS2/c1-11-7-9-18-13(11)10-15-14(16)6-2-4-12-5-3-8-17-12/h3,5,7-9H,2,4,6,10H2,1H3,(H,15,16). The lowest BCUT2D eigenvalue weighted by molar-refractivity contribution is -0.121. The van der Waals surface area contributed by atoms with Crippen molar-refractivity contribution in [1.29, 1.82) is 0 Å². The Labute approximate surface area is 116 Å². The molecule has 0 aliphatic heterocycles. The largest absolute Gasteiger partial charge is 0.351 e. The Bertz CT molecular complexity index is 488. The highest BCUT2D eigenvalue weighted by atomic mass is 32.1. The molecule has 18 heavy (non-hydrogen) atoms. The number of nitrogens with one attached hydrogen (secondary N) is 1. The van der Waals surface area contributed by atoms with Crippen molar-refractivity contribution in [1.82, 2.24) is 5.32 Å². The van der Waals surface area contributed by atoms with E-state index in [1.165, 1.54) is 15.3 Å². The Kier molecular flexibility index (Phi) is 4.96. The van der Waals surface area contributed by atoms with Gasteiger partial charge in [0.05, 0.1) is 6.54 Å².